The lowest BCUT2D eigenvalue weighted by atomic mass is 9.97. The van der Waals surface area contributed by atoms with E-state index in [1.807, 2.05) is 12.1 Å². The fourth-order valence-corrected chi connectivity index (χ4v) is 2.38. The van der Waals surface area contributed by atoms with Crippen LogP contribution in [0.4, 0.5) is 5.69 Å². The summed E-state index contributed by atoms with van der Waals surface area (Å²) in [5.74, 6) is -1.02. The second-order valence-electron chi connectivity index (χ2n) is 4.65. The molecule has 1 aliphatic heterocycles. The van der Waals surface area contributed by atoms with Crippen LogP contribution in [-0.2, 0) is 16.0 Å². The first-order valence-electron chi connectivity index (χ1n) is 6.00. The zero-order valence-electron chi connectivity index (χ0n) is 10.9. The Kier molecular flexibility index (Phi) is 3.55. The fourth-order valence-electron chi connectivity index (χ4n) is 2.38. The first-order valence-corrected chi connectivity index (χ1v) is 6.00. The van der Waals surface area contributed by atoms with E-state index in [0.717, 1.165) is 16.8 Å². The van der Waals surface area contributed by atoms with Crippen LogP contribution in [0.5, 0.6) is 0 Å². The van der Waals surface area contributed by atoms with Crippen molar-refractivity contribution in [1.82, 2.24) is 5.32 Å². The topological polar surface area (TPSA) is 95.7 Å². The molecule has 2 unspecified atom stereocenters. The molecule has 0 spiro atoms. The first kappa shape index (κ1) is 13.5. The molecule has 0 aromatic heterocycles. The van der Waals surface area contributed by atoms with E-state index in [2.05, 4.69) is 5.32 Å². The number of carboxylic acid groups (broad SMARTS) is 1. The molecule has 0 saturated heterocycles. The lowest BCUT2D eigenvalue weighted by Gasteiger charge is -2.21. The van der Waals surface area contributed by atoms with Crippen molar-refractivity contribution in [3.05, 3.63) is 29.3 Å². The number of carbonyl (C=O) groups is 2. The van der Waals surface area contributed by atoms with Gasteiger partial charge in [-0.1, -0.05) is 12.1 Å². The van der Waals surface area contributed by atoms with E-state index in [0.29, 0.717) is 6.42 Å². The predicted octanol–water partition coefficient (Wildman–Crippen LogP) is -0.122. The molecule has 0 bridgehead atoms. The number of anilines is 1. The van der Waals surface area contributed by atoms with Crippen molar-refractivity contribution >= 4 is 17.6 Å². The van der Waals surface area contributed by atoms with Crippen molar-refractivity contribution in [2.24, 2.45) is 5.73 Å². The zero-order valence-corrected chi connectivity index (χ0v) is 10.9. The van der Waals surface area contributed by atoms with Gasteiger partial charge in [-0.25, -0.2) is 0 Å². The number of amides is 1. The third-order valence-corrected chi connectivity index (χ3v) is 3.50. The molecule has 2 rings (SSSR count). The second kappa shape index (κ2) is 4.99. The molecule has 1 aromatic rings. The van der Waals surface area contributed by atoms with Gasteiger partial charge in [-0.2, -0.15) is 0 Å². The Balaban J connectivity index is 2.35. The summed E-state index contributed by atoms with van der Waals surface area (Å²) in [6.45, 7) is 0. The van der Waals surface area contributed by atoms with Crippen LogP contribution < -0.4 is 16.0 Å². The van der Waals surface area contributed by atoms with E-state index in [-0.39, 0.29) is 5.91 Å². The number of likely N-dealkylation sites (N-methyl/N-ethyl adjacent to an activating group) is 2. The zero-order chi connectivity index (χ0) is 14.2. The Labute approximate surface area is 111 Å². The van der Waals surface area contributed by atoms with Crippen LogP contribution in [0.1, 0.15) is 17.2 Å². The van der Waals surface area contributed by atoms with Crippen molar-refractivity contribution < 1.29 is 14.7 Å². The predicted molar refractivity (Wildman–Crippen MR) is 71.0 cm³/mol. The van der Waals surface area contributed by atoms with Crippen molar-refractivity contribution in [1.29, 1.82) is 0 Å². The van der Waals surface area contributed by atoms with Gasteiger partial charge in [-0.15, -0.1) is 0 Å². The summed E-state index contributed by atoms with van der Waals surface area (Å²) in [7, 11) is 3.39. The SMILES string of the molecule is CNC(c1ccc2c(c1)CC(=O)N2C)C(N)C(=O)O. The number of carboxylic acids is 1. The normalized spacial score (nSPS) is 17.2. The second-order valence-corrected chi connectivity index (χ2v) is 4.65. The molecule has 4 N–H and O–H groups in total. The van der Waals surface area contributed by atoms with Crippen LogP contribution in [0.25, 0.3) is 0 Å². The molecule has 1 aliphatic rings. The molecule has 0 saturated carbocycles. The average Bonchev–Trinajstić information content (AvgIpc) is 2.65. The van der Waals surface area contributed by atoms with Gasteiger partial charge in [0.2, 0.25) is 5.91 Å². The number of aliphatic carboxylic acids is 1. The third kappa shape index (κ3) is 2.32. The summed E-state index contributed by atoms with van der Waals surface area (Å²) in [6, 6.07) is 3.97. The minimum atomic E-state index is -1.06. The van der Waals surface area contributed by atoms with Crippen LogP contribution in [0.2, 0.25) is 0 Å². The maximum atomic E-state index is 11.6. The Morgan fingerprint density at radius 3 is 2.79 bits per heavy atom. The summed E-state index contributed by atoms with van der Waals surface area (Å²) >= 11 is 0. The molecular weight excluding hydrogens is 246 g/mol. The number of hydrogen-bond donors (Lipinski definition) is 3. The van der Waals surface area contributed by atoms with E-state index in [1.54, 1.807) is 25.1 Å². The Hall–Kier alpha value is -1.92. The molecule has 0 radical (unpaired) electrons. The maximum Gasteiger partial charge on any atom is 0.322 e. The van der Waals surface area contributed by atoms with Gasteiger partial charge in [0.25, 0.3) is 0 Å². The van der Waals surface area contributed by atoms with E-state index < -0.39 is 18.1 Å². The average molecular weight is 263 g/mol. The van der Waals surface area contributed by atoms with Crippen LogP contribution in [0.3, 0.4) is 0 Å². The van der Waals surface area contributed by atoms with Crippen molar-refractivity contribution in [3.63, 3.8) is 0 Å². The fraction of sp³-hybridized carbons (Fsp3) is 0.385. The lowest BCUT2D eigenvalue weighted by Crippen LogP contribution is -2.42. The summed E-state index contributed by atoms with van der Waals surface area (Å²) in [5.41, 5.74) is 8.21. The highest BCUT2D eigenvalue weighted by Gasteiger charge is 2.28. The molecule has 6 heteroatoms. The monoisotopic (exact) mass is 263 g/mol. The van der Waals surface area contributed by atoms with Crippen LogP contribution in [0.15, 0.2) is 18.2 Å². The Morgan fingerprint density at radius 2 is 2.21 bits per heavy atom. The summed E-state index contributed by atoms with van der Waals surface area (Å²) < 4.78 is 0. The summed E-state index contributed by atoms with van der Waals surface area (Å²) in [6.07, 6.45) is 0.346. The summed E-state index contributed by atoms with van der Waals surface area (Å²) in [5, 5.41) is 11.9. The highest BCUT2D eigenvalue weighted by molar-refractivity contribution is 6.00. The largest absolute Gasteiger partial charge is 0.480 e. The van der Waals surface area contributed by atoms with E-state index >= 15 is 0 Å². The molecule has 6 nitrogen and oxygen atoms in total. The minimum Gasteiger partial charge on any atom is -0.480 e. The number of nitrogens with one attached hydrogen (secondary N) is 1. The molecule has 102 valence electrons. The molecule has 1 heterocycles. The number of benzene rings is 1. The van der Waals surface area contributed by atoms with Crippen molar-refractivity contribution in [2.45, 2.75) is 18.5 Å². The van der Waals surface area contributed by atoms with E-state index in [9.17, 15) is 9.59 Å². The van der Waals surface area contributed by atoms with E-state index in [1.165, 1.54) is 0 Å². The number of hydrogen-bond acceptors (Lipinski definition) is 4. The van der Waals surface area contributed by atoms with Gasteiger partial charge >= 0.3 is 5.97 Å². The number of carbonyl (C=O) groups excluding carboxylic acids is 1. The molecule has 0 aliphatic carbocycles. The minimum absolute atomic E-state index is 0.0377. The first-order chi connectivity index (χ1) is 8.95. The molecule has 1 aromatic carbocycles. The Bertz CT molecular complexity index is 530. The number of nitrogens with two attached hydrogens (primary N) is 1. The highest BCUT2D eigenvalue weighted by atomic mass is 16.4. The molecule has 1 amide bonds. The van der Waals surface area contributed by atoms with Crippen molar-refractivity contribution in [3.8, 4) is 0 Å². The smallest absolute Gasteiger partial charge is 0.322 e. The Morgan fingerprint density at radius 1 is 1.53 bits per heavy atom. The van der Waals surface area contributed by atoms with Gasteiger partial charge < -0.3 is 21.1 Å². The summed E-state index contributed by atoms with van der Waals surface area (Å²) in [4.78, 5) is 24.2. The van der Waals surface area contributed by atoms with E-state index in [4.69, 9.17) is 10.8 Å². The van der Waals surface area contributed by atoms with Gasteiger partial charge in [-0.3, -0.25) is 9.59 Å². The molecule has 19 heavy (non-hydrogen) atoms. The van der Waals surface area contributed by atoms with Gasteiger partial charge in [0, 0.05) is 12.7 Å². The standard InChI is InChI=1S/C13H17N3O3/c1-15-12(11(14)13(18)19)7-3-4-9-8(5-7)6-10(17)16(9)2/h3-5,11-12,15H,6,14H2,1-2H3,(H,18,19). The molecular formula is C13H17N3O3. The van der Waals surface area contributed by atoms with Crippen LogP contribution in [-0.4, -0.2) is 37.1 Å². The molecule has 2 atom stereocenters. The number of rotatable bonds is 4. The van der Waals surface area contributed by atoms with Crippen molar-refractivity contribution in [2.75, 3.05) is 19.0 Å². The highest BCUT2D eigenvalue weighted by Crippen LogP contribution is 2.30. The maximum absolute atomic E-state index is 11.6. The van der Waals surface area contributed by atoms with Crippen LogP contribution >= 0.6 is 0 Å². The van der Waals surface area contributed by atoms with Gasteiger partial charge in [0.05, 0.1) is 12.5 Å². The number of fused-ring (bicyclic) bond motifs is 1. The lowest BCUT2D eigenvalue weighted by molar-refractivity contribution is -0.139. The number of nitrogens with zero attached hydrogens (tertiary/aromatic N) is 1. The molecule has 0 fully saturated rings. The van der Waals surface area contributed by atoms with Crippen LogP contribution in [0, 0.1) is 0 Å². The van der Waals surface area contributed by atoms with Gasteiger partial charge in [0.1, 0.15) is 6.04 Å². The quantitative estimate of drug-likeness (QED) is 0.703. The third-order valence-electron chi connectivity index (χ3n) is 3.50. The van der Waals surface area contributed by atoms with Gasteiger partial charge in [0.15, 0.2) is 0 Å². The van der Waals surface area contributed by atoms with Gasteiger partial charge in [-0.05, 0) is 24.2 Å².